The van der Waals surface area contributed by atoms with Crippen LogP contribution in [0.25, 0.3) is 0 Å². The monoisotopic (exact) mass is 278 g/mol. The summed E-state index contributed by atoms with van der Waals surface area (Å²) in [6.07, 6.45) is 2.36. The van der Waals surface area contributed by atoms with Crippen molar-refractivity contribution < 1.29 is 9.53 Å². The molecule has 19 heavy (non-hydrogen) atoms. The molecule has 1 fully saturated rings. The zero-order chi connectivity index (χ0) is 13.7. The fraction of sp³-hybridized carbons (Fsp3) is 0.429. The Bertz CT molecular complexity index is 444. The van der Waals surface area contributed by atoms with Crippen LogP contribution in [-0.4, -0.2) is 23.6 Å². The normalized spacial score (nSPS) is 19.9. The number of hydrogen-bond donors (Lipinski definition) is 2. The van der Waals surface area contributed by atoms with Gasteiger partial charge in [0.1, 0.15) is 11.0 Å². The van der Waals surface area contributed by atoms with Gasteiger partial charge in [-0.15, -0.1) is 0 Å². The van der Waals surface area contributed by atoms with Gasteiger partial charge in [0.25, 0.3) is 0 Å². The molecule has 2 unspecified atom stereocenters. The van der Waals surface area contributed by atoms with Crippen molar-refractivity contribution in [2.24, 2.45) is 5.73 Å². The van der Waals surface area contributed by atoms with Crippen molar-refractivity contribution >= 4 is 23.1 Å². The van der Waals surface area contributed by atoms with Gasteiger partial charge in [-0.25, -0.2) is 0 Å². The van der Waals surface area contributed by atoms with Crippen LogP contribution in [0.15, 0.2) is 30.3 Å². The van der Waals surface area contributed by atoms with Gasteiger partial charge in [0.2, 0.25) is 5.91 Å². The van der Waals surface area contributed by atoms with E-state index < -0.39 is 6.04 Å². The lowest BCUT2D eigenvalue weighted by Crippen LogP contribution is -2.37. The molecule has 0 radical (unpaired) electrons. The highest BCUT2D eigenvalue weighted by Crippen LogP contribution is 2.17. The highest BCUT2D eigenvalue weighted by molar-refractivity contribution is 7.80. The molecule has 2 atom stereocenters. The SMILES string of the molecule is NC(=S)C(NC(=O)CC1CCCO1)c1ccccc1. The van der Waals surface area contributed by atoms with E-state index in [0.29, 0.717) is 6.42 Å². The number of carbonyl (C=O) groups excluding carboxylic acids is 1. The Kier molecular flexibility index (Phi) is 4.87. The molecule has 1 aromatic carbocycles. The second-order valence-corrected chi connectivity index (χ2v) is 5.12. The number of hydrogen-bond acceptors (Lipinski definition) is 3. The van der Waals surface area contributed by atoms with Crippen molar-refractivity contribution in [3.63, 3.8) is 0 Å². The number of thiocarbonyl (C=S) groups is 1. The summed E-state index contributed by atoms with van der Waals surface area (Å²) in [4.78, 5) is 12.3. The van der Waals surface area contributed by atoms with E-state index in [2.05, 4.69) is 5.32 Å². The maximum absolute atomic E-state index is 12.0. The highest BCUT2D eigenvalue weighted by atomic mass is 32.1. The van der Waals surface area contributed by atoms with Crippen LogP contribution in [0, 0.1) is 0 Å². The zero-order valence-electron chi connectivity index (χ0n) is 10.7. The van der Waals surface area contributed by atoms with Crippen molar-refractivity contribution in [1.82, 2.24) is 5.32 Å². The molecule has 0 aromatic heterocycles. The minimum absolute atomic E-state index is 0.0303. The molecule has 102 valence electrons. The van der Waals surface area contributed by atoms with Gasteiger partial charge in [0, 0.05) is 6.61 Å². The first-order chi connectivity index (χ1) is 9.16. The van der Waals surface area contributed by atoms with Crippen molar-refractivity contribution in [2.75, 3.05) is 6.61 Å². The van der Waals surface area contributed by atoms with E-state index in [9.17, 15) is 4.79 Å². The van der Waals surface area contributed by atoms with Gasteiger partial charge in [-0.05, 0) is 18.4 Å². The standard InChI is InChI=1S/C14H18N2O2S/c15-14(19)13(10-5-2-1-3-6-10)16-12(17)9-11-7-4-8-18-11/h1-3,5-6,11,13H,4,7-9H2,(H2,15,19)(H,16,17). The van der Waals surface area contributed by atoms with Gasteiger partial charge in [-0.2, -0.15) is 0 Å². The van der Waals surface area contributed by atoms with Crippen LogP contribution in [0.1, 0.15) is 30.9 Å². The summed E-state index contributed by atoms with van der Waals surface area (Å²) in [7, 11) is 0. The molecule has 0 aliphatic carbocycles. The Labute approximate surface area is 118 Å². The molecule has 0 saturated carbocycles. The average molecular weight is 278 g/mol. The van der Waals surface area contributed by atoms with E-state index in [1.807, 2.05) is 30.3 Å². The van der Waals surface area contributed by atoms with Crippen LogP contribution in [-0.2, 0) is 9.53 Å². The predicted octanol–water partition coefficient (Wildman–Crippen LogP) is 1.70. The lowest BCUT2D eigenvalue weighted by molar-refractivity contribution is -0.123. The first-order valence-corrected chi connectivity index (χ1v) is 6.83. The Morgan fingerprint density at radius 3 is 2.79 bits per heavy atom. The second-order valence-electron chi connectivity index (χ2n) is 4.65. The van der Waals surface area contributed by atoms with Crippen LogP contribution in [0.4, 0.5) is 0 Å². The predicted molar refractivity (Wildman–Crippen MR) is 77.7 cm³/mol. The quantitative estimate of drug-likeness (QED) is 0.805. The number of ether oxygens (including phenoxy) is 1. The summed E-state index contributed by atoms with van der Waals surface area (Å²) in [5.74, 6) is -0.0754. The van der Waals surface area contributed by atoms with E-state index in [0.717, 1.165) is 25.0 Å². The number of amides is 1. The summed E-state index contributed by atoms with van der Waals surface area (Å²) >= 11 is 5.03. The molecule has 2 rings (SSSR count). The van der Waals surface area contributed by atoms with Crippen LogP contribution in [0.5, 0.6) is 0 Å². The third-order valence-corrected chi connectivity index (χ3v) is 3.40. The summed E-state index contributed by atoms with van der Waals surface area (Å²) in [5, 5.41) is 2.87. The summed E-state index contributed by atoms with van der Waals surface area (Å²) in [6.45, 7) is 0.745. The molecule has 1 heterocycles. The molecule has 1 aliphatic rings. The van der Waals surface area contributed by atoms with Crippen molar-refractivity contribution in [3.05, 3.63) is 35.9 Å². The van der Waals surface area contributed by atoms with Crippen molar-refractivity contribution in [1.29, 1.82) is 0 Å². The Balaban J connectivity index is 1.97. The fourth-order valence-electron chi connectivity index (χ4n) is 2.20. The lowest BCUT2D eigenvalue weighted by Gasteiger charge is -2.19. The van der Waals surface area contributed by atoms with Gasteiger partial charge >= 0.3 is 0 Å². The van der Waals surface area contributed by atoms with Gasteiger partial charge in [0.05, 0.1) is 12.5 Å². The Morgan fingerprint density at radius 1 is 1.47 bits per heavy atom. The molecular weight excluding hydrogens is 260 g/mol. The van der Waals surface area contributed by atoms with Gasteiger partial charge in [0.15, 0.2) is 0 Å². The van der Waals surface area contributed by atoms with E-state index in [1.54, 1.807) is 0 Å². The van der Waals surface area contributed by atoms with Crippen molar-refractivity contribution in [3.8, 4) is 0 Å². The molecule has 1 saturated heterocycles. The van der Waals surface area contributed by atoms with Gasteiger partial charge in [-0.1, -0.05) is 42.5 Å². The number of nitrogens with two attached hydrogens (primary N) is 1. The summed E-state index contributed by atoms with van der Waals surface area (Å²) in [6, 6.07) is 9.09. The van der Waals surface area contributed by atoms with Crippen LogP contribution in [0.2, 0.25) is 0 Å². The minimum atomic E-state index is -0.412. The first-order valence-electron chi connectivity index (χ1n) is 6.42. The zero-order valence-corrected chi connectivity index (χ0v) is 11.5. The van der Waals surface area contributed by atoms with Crippen molar-refractivity contribution in [2.45, 2.75) is 31.4 Å². The molecule has 1 amide bonds. The third-order valence-electron chi connectivity index (χ3n) is 3.16. The molecule has 1 aromatic rings. The number of rotatable bonds is 5. The van der Waals surface area contributed by atoms with Crippen LogP contribution >= 0.6 is 12.2 Å². The number of benzene rings is 1. The first kappa shape index (κ1) is 14.0. The maximum atomic E-state index is 12.0. The average Bonchev–Trinajstić information content (AvgIpc) is 2.89. The Morgan fingerprint density at radius 2 is 2.21 bits per heavy atom. The lowest BCUT2D eigenvalue weighted by atomic mass is 10.1. The maximum Gasteiger partial charge on any atom is 0.223 e. The largest absolute Gasteiger partial charge is 0.391 e. The molecule has 4 nitrogen and oxygen atoms in total. The van der Waals surface area contributed by atoms with Crippen LogP contribution in [0.3, 0.4) is 0 Å². The van der Waals surface area contributed by atoms with E-state index in [-0.39, 0.29) is 17.0 Å². The molecule has 0 bridgehead atoms. The van der Waals surface area contributed by atoms with E-state index in [4.69, 9.17) is 22.7 Å². The molecule has 3 N–H and O–H groups in total. The highest BCUT2D eigenvalue weighted by Gasteiger charge is 2.22. The van der Waals surface area contributed by atoms with Crippen LogP contribution < -0.4 is 11.1 Å². The van der Waals surface area contributed by atoms with E-state index >= 15 is 0 Å². The topological polar surface area (TPSA) is 64.3 Å². The fourth-order valence-corrected chi connectivity index (χ4v) is 2.39. The second kappa shape index (κ2) is 6.63. The Hall–Kier alpha value is -1.46. The number of nitrogens with one attached hydrogen (secondary N) is 1. The van der Waals surface area contributed by atoms with Gasteiger partial charge in [-0.3, -0.25) is 4.79 Å². The van der Waals surface area contributed by atoms with E-state index in [1.165, 1.54) is 0 Å². The summed E-state index contributed by atoms with van der Waals surface area (Å²) < 4.78 is 5.45. The minimum Gasteiger partial charge on any atom is -0.391 e. The number of carbonyl (C=O) groups is 1. The smallest absolute Gasteiger partial charge is 0.223 e. The molecular formula is C14H18N2O2S. The third kappa shape index (κ3) is 4.01. The summed E-state index contributed by atoms with van der Waals surface area (Å²) in [5.41, 5.74) is 6.61. The molecule has 0 spiro atoms. The molecule has 5 heteroatoms. The molecule has 1 aliphatic heterocycles. The van der Waals surface area contributed by atoms with Gasteiger partial charge < -0.3 is 15.8 Å².